The molecule has 0 heterocycles. The number of rotatable bonds is 8. The average molecular weight is 406 g/mol. The van der Waals surface area contributed by atoms with Gasteiger partial charge in [-0.1, -0.05) is 12.2 Å². The molecule has 0 spiro atoms. The molecule has 2 aromatic rings. The summed E-state index contributed by atoms with van der Waals surface area (Å²) in [4.78, 5) is 0.155. The van der Waals surface area contributed by atoms with E-state index in [1.165, 1.54) is 12.1 Å². The van der Waals surface area contributed by atoms with Gasteiger partial charge in [0.2, 0.25) is 0 Å². The predicted octanol–water partition coefficient (Wildman–Crippen LogP) is 3.75. The summed E-state index contributed by atoms with van der Waals surface area (Å²) in [5, 5.41) is 6.44. The number of hydrogen-bond acceptors (Lipinski definition) is 4. The molecule has 6 nitrogen and oxygen atoms in total. The third-order valence-corrected chi connectivity index (χ3v) is 5.03. The number of thiocarbonyl (C=S) groups is 1. The molecule has 2 rings (SSSR count). The lowest BCUT2D eigenvalue weighted by Gasteiger charge is -2.12. The molecular formula is C19H23N3O3S2. The van der Waals surface area contributed by atoms with Crippen molar-refractivity contribution in [3.8, 4) is 5.75 Å². The Morgan fingerprint density at radius 1 is 1.07 bits per heavy atom. The van der Waals surface area contributed by atoms with Gasteiger partial charge in [-0.3, -0.25) is 4.72 Å². The smallest absolute Gasteiger partial charge is 0.261 e. The molecule has 0 fully saturated rings. The third-order valence-electron chi connectivity index (χ3n) is 3.39. The van der Waals surface area contributed by atoms with E-state index in [9.17, 15) is 8.42 Å². The number of benzene rings is 2. The summed E-state index contributed by atoms with van der Waals surface area (Å²) in [6.07, 6.45) is 0. The minimum Gasteiger partial charge on any atom is -0.494 e. The quantitative estimate of drug-likeness (QED) is 0.459. The molecule has 0 aromatic heterocycles. The van der Waals surface area contributed by atoms with Crippen LogP contribution in [0.25, 0.3) is 0 Å². The van der Waals surface area contributed by atoms with Crippen LogP contribution in [-0.4, -0.2) is 26.7 Å². The molecule has 0 aliphatic rings. The number of anilines is 2. The van der Waals surface area contributed by atoms with Crippen molar-refractivity contribution in [1.29, 1.82) is 0 Å². The van der Waals surface area contributed by atoms with E-state index < -0.39 is 10.0 Å². The van der Waals surface area contributed by atoms with Crippen LogP contribution in [0.3, 0.4) is 0 Å². The summed E-state index contributed by atoms with van der Waals surface area (Å²) in [6.45, 7) is 8.70. The molecule has 3 N–H and O–H groups in total. The van der Waals surface area contributed by atoms with Gasteiger partial charge in [0.25, 0.3) is 10.0 Å². The first-order valence-corrected chi connectivity index (χ1v) is 10.2. The van der Waals surface area contributed by atoms with E-state index in [0.717, 1.165) is 5.57 Å². The first-order valence-electron chi connectivity index (χ1n) is 8.35. The van der Waals surface area contributed by atoms with Crippen molar-refractivity contribution < 1.29 is 13.2 Å². The van der Waals surface area contributed by atoms with Gasteiger partial charge in [-0.15, -0.1) is 0 Å². The van der Waals surface area contributed by atoms with Gasteiger partial charge in [-0.25, -0.2) is 8.42 Å². The van der Waals surface area contributed by atoms with Gasteiger partial charge in [0.05, 0.1) is 11.5 Å². The Balaban J connectivity index is 2.01. The summed E-state index contributed by atoms with van der Waals surface area (Å²) in [5.41, 5.74) is 2.11. The van der Waals surface area contributed by atoms with Crippen molar-refractivity contribution in [2.24, 2.45) is 0 Å². The van der Waals surface area contributed by atoms with Crippen LogP contribution in [0, 0.1) is 0 Å². The van der Waals surface area contributed by atoms with E-state index >= 15 is 0 Å². The monoisotopic (exact) mass is 405 g/mol. The van der Waals surface area contributed by atoms with Crippen molar-refractivity contribution in [3.05, 3.63) is 60.7 Å². The van der Waals surface area contributed by atoms with Crippen molar-refractivity contribution in [2.75, 3.05) is 23.2 Å². The molecule has 0 unspecified atom stereocenters. The van der Waals surface area contributed by atoms with Crippen LogP contribution in [0.5, 0.6) is 5.75 Å². The minimum absolute atomic E-state index is 0.155. The summed E-state index contributed by atoms with van der Waals surface area (Å²) in [7, 11) is -3.68. The van der Waals surface area contributed by atoms with Gasteiger partial charge >= 0.3 is 0 Å². The Labute approximate surface area is 165 Å². The maximum Gasteiger partial charge on any atom is 0.261 e. The topological polar surface area (TPSA) is 79.5 Å². The molecule has 0 bridgehead atoms. The van der Waals surface area contributed by atoms with Crippen LogP contribution in [0.1, 0.15) is 13.8 Å². The Morgan fingerprint density at radius 3 is 2.22 bits per heavy atom. The number of hydrogen-bond donors (Lipinski definition) is 3. The lowest BCUT2D eigenvalue weighted by molar-refractivity contribution is 0.340. The van der Waals surface area contributed by atoms with Crippen molar-refractivity contribution in [1.82, 2.24) is 5.32 Å². The standard InChI is InChI=1S/C19H23N3O3S2/c1-4-25-17-9-5-16(6-10-17)22-27(23,24)18-11-7-15(8-12-18)21-19(26)20-13-14(2)3/h5-12,22H,2,4,13H2,1,3H3,(H2,20,21,26). The second-order valence-electron chi connectivity index (χ2n) is 5.85. The zero-order valence-corrected chi connectivity index (χ0v) is 16.9. The number of sulfonamides is 1. The van der Waals surface area contributed by atoms with E-state index in [2.05, 4.69) is 21.9 Å². The lowest BCUT2D eigenvalue weighted by atomic mass is 10.3. The largest absolute Gasteiger partial charge is 0.494 e. The van der Waals surface area contributed by atoms with E-state index in [4.69, 9.17) is 17.0 Å². The zero-order valence-electron chi connectivity index (χ0n) is 15.3. The highest BCUT2D eigenvalue weighted by atomic mass is 32.2. The van der Waals surface area contributed by atoms with E-state index in [1.807, 2.05) is 13.8 Å². The van der Waals surface area contributed by atoms with Gasteiger partial charge < -0.3 is 15.4 Å². The molecule has 0 atom stereocenters. The van der Waals surface area contributed by atoms with Gasteiger partial charge in [0.15, 0.2) is 5.11 Å². The Kier molecular flexibility index (Phi) is 7.20. The molecule has 144 valence electrons. The second kappa shape index (κ2) is 9.38. The third kappa shape index (κ3) is 6.58. The zero-order chi connectivity index (χ0) is 19.9. The van der Waals surface area contributed by atoms with Crippen LogP contribution in [0.15, 0.2) is 65.6 Å². The number of nitrogens with one attached hydrogen (secondary N) is 3. The summed E-state index contributed by atoms with van der Waals surface area (Å²) in [5.74, 6) is 0.687. The average Bonchev–Trinajstić information content (AvgIpc) is 2.62. The fraction of sp³-hybridized carbons (Fsp3) is 0.211. The first-order chi connectivity index (χ1) is 12.8. The van der Waals surface area contributed by atoms with Crippen molar-refractivity contribution >= 4 is 38.7 Å². The van der Waals surface area contributed by atoms with E-state index in [1.54, 1.807) is 36.4 Å². The molecule has 27 heavy (non-hydrogen) atoms. The Hall–Kier alpha value is -2.58. The molecule has 0 amide bonds. The summed E-state index contributed by atoms with van der Waals surface area (Å²) >= 11 is 5.17. The Bertz CT molecular complexity index is 893. The molecule has 2 aromatic carbocycles. The SMILES string of the molecule is C=C(C)CNC(=S)Nc1ccc(S(=O)(=O)Nc2ccc(OCC)cc2)cc1. The fourth-order valence-electron chi connectivity index (χ4n) is 2.12. The first kappa shape index (κ1) is 20.7. The predicted molar refractivity (Wildman–Crippen MR) is 114 cm³/mol. The maximum atomic E-state index is 12.5. The molecule has 8 heteroatoms. The number of ether oxygens (including phenoxy) is 1. The highest BCUT2D eigenvalue weighted by Gasteiger charge is 2.14. The van der Waals surface area contributed by atoms with Gasteiger partial charge in [-0.2, -0.15) is 0 Å². The van der Waals surface area contributed by atoms with Crippen LogP contribution >= 0.6 is 12.2 Å². The highest BCUT2D eigenvalue weighted by Crippen LogP contribution is 2.20. The summed E-state index contributed by atoms with van der Waals surface area (Å²) in [6, 6.07) is 13.1. The van der Waals surface area contributed by atoms with Gasteiger partial charge in [0, 0.05) is 17.9 Å². The van der Waals surface area contributed by atoms with Crippen molar-refractivity contribution in [2.45, 2.75) is 18.7 Å². The van der Waals surface area contributed by atoms with E-state index in [-0.39, 0.29) is 4.90 Å². The summed E-state index contributed by atoms with van der Waals surface area (Å²) < 4.78 is 32.9. The van der Waals surface area contributed by atoms with Crippen LogP contribution < -0.4 is 20.1 Å². The minimum atomic E-state index is -3.68. The normalized spacial score (nSPS) is 10.7. The molecule has 0 aliphatic carbocycles. The Morgan fingerprint density at radius 2 is 1.67 bits per heavy atom. The molecule has 0 saturated carbocycles. The second-order valence-corrected chi connectivity index (χ2v) is 7.94. The van der Waals surface area contributed by atoms with E-state index in [0.29, 0.717) is 35.4 Å². The molecular weight excluding hydrogens is 382 g/mol. The molecule has 0 saturated heterocycles. The van der Waals surface area contributed by atoms with Gasteiger partial charge in [0.1, 0.15) is 5.75 Å². The maximum absolute atomic E-state index is 12.5. The molecule has 0 radical (unpaired) electrons. The van der Waals surface area contributed by atoms with Crippen LogP contribution in [-0.2, 0) is 10.0 Å². The lowest BCUT2D eigenvalue weighted by Crippen LogP contribution is -2.29. The van der Waals surface area contributed by atoms with Gasteiger partial charge in [-0.05, 0) is 74.6 Å². The highest BCUT2D eigenvalue weighted by molar-refractivity contribution is 7.92. The van der Waals surface area contributed by atoms with Crippen LogP contribution in [0.4, 0.5) is 11.4 Å². The molecule has 0 aliphatic heterocycles. The fourth-order valence-corrected chi connectivity index (χ4v) is 3.37. The van der Waals surface area contributed by atoms with Crippen LogP contribution in [0.2, 0.25) is 0 Å². The van der Waals surface area contributed by atoms with Crippen molar-refractivity contribution in [3.63, 3.8) is 0 Å².